The number of aliphatic hydroxyl groups excluding tert-OH is 2. The number of para-hydroxylation sites is 1. The number of halogens is 2. The Balaban J connectivity index is 2.32. The topological polar surface area (TPSA) is 105 Å². The SMILES string of the molecule is NC(=O)c1c(Nc2ccccc2F)cc(F)cc1OCCC(O)CO. The summed E-state index contributed by atoms with van der Waals surface area (Å²) in [6, 6.07) is 7.66. The quantitative estimate of drug-likeness (QED) is 0.581. The summed E-state index contributed by atoms with van der Waals surface area (Å²) in [5.74, 6) is -2.34. The van der Waals surface area contributed by atoms with E-state index in [9.17, 15) is 18.7 Å². The number of ether oxygens (including phenoxy) is 1. The number of hydrogen-bond donors (Lipinski definition) is 4. The molecule has 134 valence electrons. The molecular formula is C17H18F2N2O4. The van der Waals surface area contributed by atoms with E-state index in [1.807, 2.05) is 0 Å². The molecule has 0 saturated heterocycles. The Morgan fingerprint density at radius 3 is 2.60 bits per heavy atom. The van der Waals surface area contributed by atoms with Crippen molar-refractivity contribution in [2.75, 3.05) is 18.5 Å². The highest BCUT2D eigenvalue weighted by atomic mass is 19.1. The van der Waals surface area contributed by atoms with Gasteiger partial charge in [0.2, 0.25) is 0 Å². The highest BCUT2D eigenvalue weighted by molar-refractivity contribution is 6.02. The summed E-state index contributed by atoms with van der Waals surface area (Å²) in [5.41, 5.74) is 5.19. The van der Waals surface area contributed by atoms with E-state index in [4.69, 9.17) is 15.6 Å². The van der Waals surface area contributed by atoms with E-state index < -0.39 is 30.3 Å². The fraction of sp³-hybridized carbons (Fsp3) is 0.235. The summed E-state index contributed by atoms with van der Waals surface area (Å²) in [6.45, 7) is -0.528. The number of benzene rings is 2. The molecule has 1 atom stereocenters. The average Bonchev–Trinajstić information content (AvgIpc) is 2.56. The molecule has 0 aromatic heterocycles. The summed E-state index contributed by atoms with van der Waals surface area (Å²) >= 11 is 0. The number of rotatable bonds is 8. The minimum atomic E-state index is -0.999. The first-order valence-corrected chi connectivity index (χ1v) is 7.49. The average molecular weight is 352 g/mol. The van der Waals surface area contributed by atoms with Gasteiger partial charge in [-0.1, -0.05) is 12.1 Å². The van der Waals surface area contributed by atoms with Crippen molar-refractivity contribution in [3.05, 3.63) is 53.6 Å². The van der Waals surface area contributed by atoms with E-state index in [-0.39, 0.29) is 35.7 Å². The second kappa shape index (κ2) is 8.41. The van der Waals surface area contributed by atoms with Crippen LogP contribution in [0.2, 0.25) is 0 Å². The van der Waals surface area contributed by atoms with E-state index in [2.05, 4.69) is 5.32 Å². The summed E-state index contributed by atoms with van der Waals surface area (Å²) < 4.78 is 33.0. The molecule has 0 aliphatic carbocycles. The van der Waals surface area contributed by atoms with Crippen LogP contribution in [0.3, 0.4) is 0 Å². The van der Waals surface area contributed by atoms with E-state index >= 15 is 0 Å². The molecule has 0 bridgehead atoms. The molecule has 1 amide bonds. The van der Waals surface area contributed by atoms with Gasteiger partial charge in [-0.25, -0.2) is 8.78 Å². The zero-order chi connectivity index (χ0) is 18.4. The Morgan fingerprint density at radius 2 is 1.96 bits per heavy atom. The third kappa shape index (κ3) is 4.88. The van der Waals surface area contributed by atoms with Gasteiger partial charge in [-0.05, 0) is 18.2 Å². The van der Waals surface area contributed by atoms with Crippen molar-refractivity contribution in [3.63, 3.8) is 0 Å². The maximum absolute atomic E-state index is 13.9. The molecule has 1 unspecified atom stereocenters. The van der Waals surface area contributed by atoms with Gasteiger partial charge in [0.25, 0.3) is 5.91 Å². The molecule has 2 rings (SSSR count). The molecule has 2 aromatic rings. The van der Waals surface area contributed by atoms with Crippen LogP contribution in [0, 0.1) is 11.6 Å². The number of nitrogens with two attached hydrogens (primary N) is 1. The molecule has 0 spiro atoms. The molecule has 0 fully saturated rings. The van der Waals surface area contributed by atoms with Crippen LogP contribution in [0.25, 0.3) is 0 Å². The predicted molar refractivity (Wildman–Crippen MR) is 87.8 cm³/mol. The van der Waals surface area contributed by atoms with Crippen molar-refractivity contribution in [2.24, 2.45) is 5.73 Å². The van der Waals surface area contributed by atoms with Crippen molar-refractivity contribution in [3.8, 4) is 5.75 Å². The molecule has 0 aliphatic rings. The normalized spacial score (nSPS) is 11.8. The van der Waals surface area contributed by atoms with E-state index in [0.29, 0.717) is 0 Å². The monoisotopic (exact) mass is 352 g/mol. The molecule has 0 heterocycles. The highest BCUT2D eigenvalue weighted by Gasteiger charge is 2.19. The second-order valence-corrected chi connectivity index (χ2v) is 5.27. The van der Waals surface area contributed by atoms with Crippen molar-refractivity contribution in [1.82, 2.24) is 0 Å². The summed E-state index contributed by atoms with van der Waals surface area (Å²) in [4.78, 5) is 11.8. The molecule has 8 heteroatoms. The van der Waals surface area contributed by atoms with E-state index in [0.717, 1.165) is 12.1 Å². The van der Waals surface area contributed by atoms with Gasteiger partial charge in [0, 0.05) is 12.5 Å². The molecule has 0 radical (unpaired) electrons. The van der Waals surface area contributed by atoms with Gasteiger partial charge in [-0.2, -0.15) is 0 Å². The van der Waals surface area contributed by atoms with E-state index in [1.165, 1.54) is 18.2 Å². The first-order chi connectivity index (χ1) is 11.9. The number of carbonyl (C=O) groups is 1. The van der Waals surface area contributed by atoms with Crippen LogP contribution in [0.1, 0.15) is 16.8 Å². The smallest absolute Gasteiger partial charge is 0.254 e. The first-order valence-electron chi connectivity index (χ1n) is 7.49. The molecule has 0 saturated carbocycles. The molecule has 6 nitrogen and oxygen atoms in total. The standard InChI is InChI=1S/C17H18F2N2O4/c18-10-7-14(21-13-4-2-1-3-12(13)19)16(17(20)24)15(8-10)25-6-5-11(23)9-22/h1-4,7-8,11,21-23H,5-6,9H2,(H2,20,24). The van der Waals surface area contributed by atoms with Gasteiger partial charge in [0.05, 0.1) is 30.7 Å². The number of anilines is 2. The lowest BCUT2D eigenvalue weighted by molar-refractivity contribution is 0.0751. The number of primary amides is 1. The van der Waals surface area contributed by atoms with Crippen LogP contribution < -0.4 is 15.8 Å². The zero-order valence-electron chi connectivity index (χ0n) is 13.2. The molecule has 2 aromatic carbocycles. The highest BCUT2D eigenvalue weighted by Crippen LogP contribution is 2.31. The number of carbonyl (C=O) groups excluding carboxylic acids is 1. The zero-order valence-corrected chi connectivity index (χ0v) is 13.2. The fourth-order valence-corrected chi connectivity index (χ4v) is 2.15. The minimum absolute atomic E-state index is 0.0391. The maximum atomic E-state index is 13.9. The van der Waals surface area contributed by atoms with Gasteiger partial charge < -0.3 is 26.0 Å². The Kier molecular flexibility index (Phi) is 6.26. The van der Waals surface area contributed by atoms with Gasteiger partial charge in [-0.3, -0.25) is 4.79 Å². The first kappa shape index (κ1) is 18.6. The number of nitrogens with one attached hydrogen (secondary N) is 1. The van der Waals surface area contributed by atoms with Crippen molar-refractivity contribution in [1.29, 1.82) is 0 Å². The lowest BCUT2D eigenvalue weighted by Gasteiger charge is -2.16. The lowest BCUT2D eigenvalue weighted by Crippen LogP contribution is -2.19. The second-order valence-electron chi connectivity index (χ2n) is 5.27. The fourth-order valence-electron chi connectivity index (χ4n) is 2.15. The number of amides is 1. The maximum Gasteiger partial charge on any atom is 0.254 e. The van der Waals surface area contributed by atoms with E-state index in [1.54, 1.807) is 6.07 Å². The Labute approximate surface area is 142 Å². The van der Waals surface area contributed by atoms with Crippen molar-refractivity contribution in [2.45, 2.75) is 12.5 Å². The van der Waals surface area contributed by atoms with Crippen LogP contribution in [0.15, 0.2) is 36.4 Å². The number of hydrogen-bond acceptors (Lipinski definition) is 5. The largest absolute Gasteiger partial charge is 0.492 e. The van der Waals surface area contributed by atoms with Crippen LogP contribution in [0.4, 0.5) is 20.2 Å². The van der Waals surface area contributed by atoms with Crippen molar-refractivity contribution < 1.29 is 28.5 Å². The van der Waals surface area contributed by atoms with Crippen LogP contribution in [-0.4, -0.2) is 35.4 Å². The number of aliphatic hydroxyl groups is 2. The summed E-state index contributed by atoms with van der Waals surface area (Å²) in [7, 11) is 0. The molecule has 0 aliphatic heterocycles. The Bertz CT molecular complexity index is 755. The summed E-state index contributed by atoms with van der Waals surface area (Å²) in [6.07, 6.45) is -0.928. The Hall–Kier alpha value is -2.71. The van der Waals surface area contributed by atoms with Gasteiger partial charge in [-0.15, -0.1) is 0 Å². The lowest BCUT2D eigenvalue weighted by atomic mass is 10.1. The van der Waals surface area contributed by atoms with Crippen LogP contribution in [-0.2, 0) is 0 Å². The van der Waals surface area contributed by atoms with Crippen molar-refractivity contribution >= 4 is 17.3 Å². The van der Waals surface area contributed by atoms with Gasteiger partial charge >= 0.3 is 0 Å². The van der Waals surface area contributed by atoms with Gasteiger partial charge in [0.1, 0.15) is 22.9 Å². The molecule has 5 N–H and O–H groups in total. The van der Waals surface area contributed by atoms with Crippen LogP contribution in [0.5, 0.6) is 5.75 Å². The van der Waals surface area contributed by atoms with Gasteiger partial charge in [0.15, 0.2) is 0 Å². The minimum Gasteiger partial charge on any atom is -0.492 e. The molecular weight excluding hydrogens is 334 g/mol. The molecule has 25 heavy (non-hydrogen) atoms. The third-order valence-electron chi connectivity index (χ3n) is 3.38. The summed E-state index contributed by atoms with van der Waals surface area (Å²) in [5, 5.41) is 20.7. The third-order valence-corrected chi connectivity index (χ3v) is 3.38. The van der Waals surface area contributed by atoms with Crippen LogP contribution >= 0.6 is 0 Å². The Morgan fingerprint density at radius 1 is 1.24 bits per heavy atom. The predicted octanol–water partition coefficient (Wildman–Crippen LogP) is 1.93.